The number of ether oxygens (including phenoxy) is 1. The summed E-state index contributed by atoms with van der Waals surface area (Å²) in [6.07, 6.45) is 3.92. The van der Waals surface area contributed by atoms with E-state index in [-0.39, 0.29) is 5.54 Å². The van der Waals surface area contributed by atoms with Gasteiger partial charge in [0, 0.05) is 25.7 Å². The first-order chi connectivity index (χ1) is 7.37. The number of fused-ring (bicyclic) bond motifs is 1. The van der Waals surface area contributed by atoms with Crippen molar-refractivity contribution in [3.05, 3.63) is 12.2 Å². The highest BCUT2D eigenvalue weighted by atomic mass is 16.5. The van der Waals surface area contributed by atoms with Gasteiger partial charge in [0.1, 0.15) is 0 Å². The molecule has 0 saturated carbocycles. The highest BCUT2D eigenvalue weighted by Crippen LogP contribution is 2.48. The molecule has 0 aromatic rings. The monoisotopic (exact) mass is 223 g/mol. The molecule has 0 spiro atoms. The van der Waals surface area contributed by atoms with Gasteiger partial charge in [-0.25, -0.2) is 0 Å². The van der Waals surface area contributed by atoms with E-state index in [1.165, 1.54) is 25.0 Å². The third-order valence-corrected chi connectivity index (χ3v) is 4.09. The fourth-order valence-corrected chi connectivity index (χ4v) is 3.51. The molecule has 2 atom stereocenters. The van der Waals surface area contributed by atoms with Gasteiger partial charge in [0.15, 0.2) is 0 Å². The van der Waals surface area contributed by atoms with E-state index in [1.807, 2.05) is 7.11 Å². The molecule has 0 aromatic heterocycles. The zero-order valence-electron chi connectivity index (χ0n) is 11.2. The number of rotatable bonds is 2. The van der Waals surface area contributed by atoms with E-state index in [0.29, 0.717) is 11.5 Å². The van der Waals surface area contributed by atoms with Gasteiger partial charge in [0.05, 0.1) is 6.10 Å². The van der Waals surface area contributed by atoms with Crippen molar-refractivity contribution in [1.29, 1.82) is 0 Å². The summed E-state index contributed by atoms with van der Waals surface area (Å²) in [6.45, 7) is 13.6. The molecule has 0 radical (unpaired) electrons. The van der Waals surface area contributed by atoms with Crippen LogP contribution in [0, 0.1) is 5.41 Å². The molecule has 92 valence electrons. The summed E-state index contributed by atoms with van der Waals surface area (Å²) in [5.74, 6) is 0. The van der Waals surface area contributed by atoms with Crippen LogP contribution in [0.15, 0.2) is 12.2 Å². The molecule has 2 heteroatoms. The van der Waals surface area contributed by atoms with Gasteiger partial charge in [-0.15, -0.1) is 0 Å². The molecule has 0 bridgehead atoms. The minimum atomic E-state index is 0.235. The van der Waals surface area contributed by atoms with E-state index < -0.39 is 0 Å². The van der Waals surface area contributed by atoms with Gasteiger partial charge in [-0.2, -0.15) is 0 Å². The predicted octanol–water partition coefficient (Wildman–Crippen LogP) is 2.84. The molecule has 2 heterocycles. The molecule has 2 aliphatic rings. The summed E-state index contributed by atoms with van der Waals surface area (Å²) in [7, 11) is 1.83. The predicted molar refractivity (Wildman–Crippen MR) is 67.5 cm³/mol. The maximum absolute atomic E-state index is 5.55. The minimum absolute atomic E-state index is 0.235. The van der Waals surface area contributed by atoms with Crippen LogP contribution in [0.2, 0.25) is 0 Å². The van der Waals surface area contributed by atoms with Crippen LogP contribution in [0.3, 0.4) is 0 Å². The quantitative estimate of drug-likeness (QED) is 0.667. The molecule has 0 aliphatic carbocycles. The van der Waals surface area contributed by atoms with Crippen LogP contribution in [-0.4, -0.2) is 36.7 Å². The molecule has 0 aromatic carbocycles. The van der Waals surface area contributed by atoms with Crippen LogP contribution in [0.1, 0.15) is 40.0 Å². The van der Waals surface area contributed by atoms with Crippen molar-refractivity contribution in [3.8, 4) is 0 Å². The topological polar surface area (TPSA) is 12.5 Å². The Bertz CT molecular complexity index is 292. The second-order valence-corrected chi connectivity index (χ2v) is 6.63. The standard InChI is InChI=1S/C14H25NO/c1-11-6-7-15-9-12(16-5)8-14(11,15)10-13(2,3)4/h12H,1,6-10H2,2-5H3/t12-,14?/m0/s1. The molecule has 2 nitrogen and oxygen atoms in total. The minimum Gasteiger partial charge on any atom is -0.380 e. The molecule has 1 unspecified atom stereocenters. The fraction of sp³-hybridized carbons (Fsp3) is 0.857. The van der Waals surface area contributed by atoms with E-state index in [0.717, 1.165) is 13.0 Å². The molecule has 0 amide bonds. The van der Waals surface area contributed by atoms with Gasteiger partial charge in [-0.05, 0) is 24.7 Å². The molecular weight excluding hydrogens is 198 g/mol. The van der Waals surface area contributed by atoms with E-state index >= 15 is 0 Å². The number of nitrogens with zero attached hydrogens (tertiary/aromatic N) is 1. The van der Waals surface area contributed by atoms with Gasteiger partial charge in [0.2, 0.25) is 0 Å². The third-order valence-electron chi connectivity index (χ3n) is 4.09. The maximum atomic E-state index is 5.55. The van der Waals surface area contributed by atoms with Gasteiger partial charge in [0.25, 0.3) is 0 Å². The number of hydrogen-bond donors (Lipinski definition) is 0. The van der Waals surface area contributed by atoms with E-state index in [9.17, 15) is 0 Å². The Morgan fingerprint density at radius 3 is 2.75 bits per heavy atom. The summed E-state index contributed by atoms with van der Waals surface area (Å²) in [5, 5.41) is 0. The van der Waals surface area contributed by atoms with Crippen LogP contribution in [0.25, 0.3) is 0 Å². The lowest BCUT2D eigenvalue weighted by Crippen LogP contribution is -2.42. The Balaban J connectivity index is 2.23. The first-order valence-electron chi connectivity index (χ1n) is 6.33. The van der Waals surface area contributed by atoms with Crippen LogP contribution < -0.4 is 0 Å². The smallest absolute Gasteiger partial charge is 0.0719 e. The van der Waals surface area contributed by atoms with Crippen molar-refractivity contribution in [2.75, 3.05) is 20.2 Å². The first kappa shape index (κ1) is 12.1. The maximum Gasteiger partial charge on any atom is 0.0719 e. The SMILES string of the molecule is C=C1CCN2C[C@@H](OC)CC12CC(C)(C)C. The van der Waals surface area contributed by atoms with Gasteiger partial charge in [-0.1, -0.05) is 32.9 Å². The zero-order chi connectivity index (χ0) is 12.0. The number of methoxy groups -OCH3 is 1. The molecule has 2 fully saturated rings. The van der Waals surface area contributed by atoms with Crippen molar-refractivity contribution < 1.29 is 4.74 Å². The number of hydrogen-bond acceptors (Lipinski definition) is 2. The summed E-state index contributed by atoms with van der Waals surface area (Å²) in [6, 6.07) is 0. The third kappa shape index (κ3) is 1.93. The molecule has 16 heavy (non-hydrogen) atoms. The summed E-state index contributed by atoms with van der Waals surface area (Å²) >= 11 is 0. The Morgan fingerprint density at radius 1 is 1.50 bits per heavy atom. The highest BCUT2D eigenvalue weighted by Gasteiger charge is 2.52. The van der Waals surface area contributed by atoms with E-state index in [1.54, 1.807) is 0 Å². The molecule has 2 aliphatic heterocycles. The summed E-state index contributed by atoms with van der Waals surface area (Å²) < 4.78 is 5.55. The van der Waals surface area contributed by atoms with Crippen molar-refractivity contribution in [3.63, 3.8) is 0 Å². The van der Waals surface area contributed by atoms with Crippen molar-refractivity contribution in [1.82, 2.24) is 4.90 Å². The lowest BCUT2D eigenvalue weighted by molar-refractivity contribution is 0.108. The zero-order valence-corrected chi connectivity index (χ0v) is 11.2. The summed E-state index contributed by atoms with van der Waals surface area (Å²) in [5.41, 5.74) is 2.02. The molecule has 0 N–H and O–H groups in total. The van der Waals surface area contributed by atoms with Gasteiger partial charge < -0.3 is 4.74 Å². The van der Waals surface area contributed by atoms with Crippen molar-refractivity contribution >= 4 is 0 Å². The Hall–Kier alpha value is -0.340. The lowest BCUT2D eigenvalue weighted by Gasteiger charge is -2.38. The second-order valence-electron chi connectivity index (χ2n) is 6.63. The lowest BCUT2D eigenvalue weighted by atomic mass is 9.75. The first-order valence-corrected chi connectivity index (χ1v) is 6.33. The van der Waals surface area contributed by atoms with Crippen molar-refractivity contribution in [2.24, 2.45) is 5.41 Å². The van der Waals surface area contributed by atoms with Gasteiger partial charge in [-0.3, -0.25) is 4.90 Å². The van der Waals surface area contributed by atoms with Crippen molar-refractivity contribution in [2.45, 2.75) is 51.7 Å². The average molecular weight is 223 g/mol. The van der Waals surface area contributed by atoms with Crippen LogP contribution in [0.5, 0.6) is 0 Å². The molecule has 2 rings (SSSR count). The normalized spacial score (nSPS) is 35.8. The average Bonchev–Trinajstić information content (AvgIpc) is 2.62. The Morgan fingerprint density at radius 2 is 2.19 bits per heavy atom. The Labute approximate surface area is 99.7 Å². The van der Waals surface area contributed by atoms with Crippen LogP contribution >= 0.6 is 0 Å². The molecular formula is C14H25NO. The van der Waals surface area contributed by atoms with E-state index in [4.69, 9.17) is 4.74 Å². The second kappa shape index (κ2) is 3.85. The van der Waals surface area contributed by atoms with E-state index in [2.05, 4.69) is 32.3 Å². The van der Waals surface area contributed by atoms with Crippen LogP contribution in [-0.2, 0) is 4.74 Å². The highest BCUT2D eigenvalue weighted by molar-refractivity contribution is 5.27. The largest absolute Gasteiger partial charge is 0.380 e. The fourth-order valence-electron chi connectivity index (χ4n) is 3.51. The van der Waals surface area contributed by atoms with Gasteiger partial charge >= 0.3 is 0 Å². The Kier molecular flexibility index (Phi) is 2.92. The van der Waals surface area contributed by atoms with Crippen LogP contribution in [0.4, 0.5) is 0 Å². The molecule has 2 saturated heterocycles. The summed E-state index contributed by atoms with van der Waals surface area (Å²) in [4.78, 5) is 2.61.